The molecule has 0 aliphatic carbocycles. The van der Waals surface area contributed by atoms with E-state index in [1.165, 1.54) is 167 Å². The smallest absolute Gasteiger partial charge is 0.462 e. The lowest BCUT2D eigenvalue weighted by Crippen LogP contribution is -2.30. The second-order valence-electron chi connectivity index (χ2n) is 26.9. The molecule has 3 N–H and O–H groups in total. The van der Waals surface area contributed by atoms with Gasteiger partial charge >= 0.3 is 39.5 Å². The highest BCUT2D eigenvalue weighted by molar-refractivity contribution is 7.47. The second kappa shape index (κ2) is 62.8. The van der Waals surface area contributed by atoms with Crippen LogP contribution < -0.4 is 0 Å². The molecule has 0 aromatic carbocycles. The van der Waals surface area contributed by atoms with Gasteiger partial charge in [0.2, 0.25) is 0 Å². The lowest BCUT2D eigenvalue weighted by molar-refractivity contribution is -0.161. The molecular weight excluding hydrogens is 1200 g/mol. The van der Waals surface area contributed by atoms with Gasteiger partial charge in [0, 0.05) is 25.7 Å². The van der Waals surface area contributed by atoms with Crippen molar-refractivity contribution in [3.05, 3.63) is 0 Å². The molecule has 0 aliphatic heterocycles. The van der Waals surface area contributed by atoms with Crippen molar-refractivity contribution in [3.8, 4) is 0 Å². The Labute approximate surface area is 556 Å². The summed E-state index contributed by atoms with van der Waals surface area (Å²) in [6, 6.07) is 0. The molecule has 0 bridgehead atoms. The van der Waals surface area contributed by atoms with Crippen LogP contribution in [0.3, 0.4) is 0 Å². The van der Waals surface area contributed by atoms with Crippen LogP contribution in [0.15, 0.2) is 0 Å². The van der Waals surface area contributed by atoms with Crippen LogP contribution in [0.5, 0.6) is 0 Å². The van der Waals surface area contributed by atoms with Crippen molar-refractivity contribution in [2.45, 2.75) is 381 Å². The van der Waals surface area contributed by atoms with Gasteiger partial charge in [-0.05, 0) is 43.4 Å². The monoisotopic (exact) mass is 1340 g/mol. The third-order valence-corrected chi connectivity index (χ3v) is 19.3. The van der Waals surface area contributed by atoms with E-state index in [2.05, 4.69) is 48.5 Å². The van der Waals surface area contributed by atoms with E-state index in [0.717, 1.165) is 114 Å². The van der Waals surface area contributed by atoms with Gasteiger partial charge in [0.25, 0.3) is 0 Å². The number of carbonyl (C=O) groups excluding carboxylic acids is 4. The van der Waals surface area contributed by atoms with Crippen molar-refractivity contribution in [1.29, 1.82) is 0 Å². The summed E-state index contributed by atoms with van der Waals surface area (Å²) in [5.74, 6) is 0.272. The molecule has 0 fully saturated rings. The van der Waals surface area contributed by atoms with Crippen molar-refractivity contribution < 1.29 is 80.2 Å². The average Bonchev–Trinajstić information content (AvgIpc) is 3.74. The Balaban J connectivity index is 5.17. The normalized spacial score (nSPS) is 14.8. The first kappa shape index (κ1) is 89.1. The van der Waals surface area contributed by atoms with Crippen LogP contribution in [0.25, 0.3) is 0 Å². The maximum atomic E-state index is 13.0. The van der Waals surface area contributed by atoms with Crippen LogP contribution in [-0.2, 0) is 65.4 Å². The Bertz CT molecular complexity index is 1790. The number of hydrogen-bond donors (Lipinski definition) is 3. The summed E-state index contributed by atoms with van der Waals surface area (Å²) < 4.78 is 68.2. The first-order valence-electron chi connectivity index (χ1n) is 37.4. The largest absolute Gasteiger partial charge is 0.472 e. The van der Waals surface area contributed by atoms with E-state index in [9.17, 15) is 43.2 Å². The maximum absolute atomic E-state index is 13.0. The van der Waals surface area contributed by atoms with Crippen molar-refractivity contribution in [1.82, 2.24) is 0 Å². The van der Waals surface area contributed by atoms with Crippen LogP contribution in [-0.4, -0.2) is 96.7 Å². The van der Waals surface area contributed by atoms with Gasteiger partial charge in [0.15, 0.2) is 12.2 Å². The van der Waals surface area contributed by atoms with E-state index in [-0.39, 0.29) is 25.7 Å². The molecule has 0 aromatic heterocycles. The molecule has 0 saturated heterocycles. The number of esters is 4. The summed E-state index contributed by atoms with van der Waals surface area (Å²) in [5, 5.41) is 10.6. The lowest BCUT2D eigenvalue weighted by Gasteiger charge is -2.21. The van der Waals surface area contributed by atoms with E-state index < -0.39 is 97.5 Å². The third-order valence-electron chi connectivity index (χ3n) is 17.4. The van der Waals surface area contributed by atoms with Crippen LogP contribution in [0, 0.1) is 17.8 Å². The van der Waals surface area contributed by atoms with Crippen LogP contribution in [0.1, 0.15) is 363 Å². The molecule has 0 aromatic rings. The fourth-order valence-corrected chi connectivity index (χ4v) is 12.4. The standard InChI is InChI=1S/C72H140O17P2/c1-8-11-12-36-46-53-69(74)82-59-67(88-72(77)56-49-42-35-29-28-32-39-45-52-65(7)10-3)61-86-90(78,79)84-57-66(73)58-85-91(80,81)87-62-68(60-83-70(75)54-47-40-33-26-22-19-15-16-20-24-30-37-43-50-63(4)5)89-71(76)55-48-41-34-27-23-18-14-13-17-21-25-31-38-44-51-64(6)9-2/h63-68,73H,8-62H2,1-7H3,(H,78,79)(H,80,81)/t64?,65?,66-,67+,68+/m0/s1. The minimum Gasteiger partial charge on any atom is -0.462 e. The molecular formula is C72H140O17P2. The molecule has 0 saturated carbocycles. The predicted octanol–water partition coefficient (Wildman–Crippen LogP) is 20.6. The van der Waals surface area contributed by atoms with E-state index in [1.54, 1.807) is 0 Å². The summed E-state index contributed by atoms with van der Waals surface area (Å²) >= 11 is 0. The first-order valence-corrected chi connectivity index (χ1v) is 40.4. The van der Waals surface area contributed by atoms with Gasteiger partial charge in [-0.3, -0.25) is 37.3 Å². The average molecular weight is 1340 g/mol. The highest BCUT2D eigenvalue weighted by Gasteiger charge is 2.30. The number of phosphoric ester groups is 2. The molecule has 17 nitrogen and oxygen atoms in total. The zero-order valence-corrected chi connectivity index (χ0v) is 61.1. The van der Waals surface area contributed by atoms with Gasteiger partial charge in [-0.2, -0.15) is 0 Å². The zero-order valence-electron chi connectivity index (χ0n) is 59.3. The van der Waals surface area contributed by atoms with Gasteiger partial charge in [-0.1, -0.05) is 312 Å². The highest BCUT2D eigenvalue weighted by Crippen LogP contribution is 2.45. The van der Waals surface area contributed by atoms with Gasteiger partial charge in [0.05, 0.1) is 26.4 Å². The zero-order chi connectivity index (χ0) is 67.3. The number of carbonyl (C=O) groups is 4. The van der Waals surface area contributed by atoms with Crippen molar-refractivity contribution >= 4 is 39.5 Å². The van der Waals surface area contributed by atoms with Crippen LogP contribution in [0.2, 0.25) is 0 Å². The second-order valence-corrected chi connectivity index (χ2v) is 29.8. The van der Waals surface area contributed by atoms with Gasteiger partial charge in [-0.25, -0.2) is 9.13 Å². The maximum Gasteiger partial charge on any atom is 0.472 e. The molecule has 91 heavy (non-hydrogen) atoms. The lowest BCUT2D eigenvalue weighted by atomic mass is 9.99. The minimum atomic E-state index is -4.95. The van der Waals surface area contributed by atoms with Crippen molar-refractivity contribution in [2.75, 3.05) is 39.6 Å². The van der Waals surface area contributed by atoms with Crippen LogP contribution in [0.4, 0.5) is 0 Å². The highest BCUT2D eigenvalue weighted by atomic mass is 31.2. The predicted molar refractivity (Wildman–Crippen MR) is 368 cm³/mol. The molecule has 540 valence electrons. The summed E-state index contributed by atoms with van der Waals surface area (Å²) in [6.07, 6.45) is 47.5. The van der Waals surface area contributed by atoms with E-state index >= 15 is 0 Å². The number of phosphoric acid groups is 2. The summed E-state index contributed by atoms with van der Waals surface area (Å²) in [7, 11) is -9.90. The molecule has 0 amide bonds. The topological polar surface area (TPSA) is 237 Å². The fraction of sp³-hybridized carbons (Fsp3) is 0.944. The van der Waals surface area contributed by atoms with Gasteiger partial charge in [0.1, 0.15) is 19.3 Å². The molecule has 0 heterocycles. The number of hydrogen-bond acceptors (Lipinski definition) is 15. The molecule has 4 unspecified atom stereocenters. The van der Waals surface area contributed by atoms with Crippen LogP contribution >= 0.6 is 15.6 Å². The van der Waals surface area contributed by atoms with E-state index in [4.69, 9.17) is 37.0 Å². The van der Waals surface area contributed by atoms with Crippen molar-refractivity contribution in [3.63, 3.8) is 0 Å². The molecule has 0 radical (unpaired) electrons. The molecule has 19 heteroatoms. The van der Waals surface area contributed by atoms with Crippen molar-refractivity contribution in [2.24, 2.45) is 17.8 Å². The number of rotatable bonds is 70. The van der Waals surface area contributed by atoms with Gasteiger partial charge < -0.3 is 33.8 Å². The first-order chi connectivity index (χ1) is 43.8. The summed E-state index contributed by atoms with van der Waals surface area (Å²) in [5.41, 5.74) is 0. The molecule has 0 rings (SSSR count). The fourth-order valence-electron chi connectivity index (χ4n) is 10.8. The number of aliphatic hydroxyl groups excluding tert-OH is 1. The Morgan fingerprint density at radius 2 is 0.560 bits per heavy atom. The summed E-state index contributed by atoms with van der Waals surface area (Å²) in [4.78, 5) is 72.4. The number of ether oxygens (including phenoxy) is 4. The molecule has 0 aliphatic rings. The molecule has 7 atom stereocenters. The SMILES string of the molecule is CCCCCCCC(=O)OC[C@H](COP(=O)(O)OC[C@H](O)COP(=O)(O)OC[C@@H](COC(=O)CCCCCCCCCCCCCCCC(C)C)OC(=O)CCCCCCCCCCCCCCCCC(C)CC)OC(=O)CCCCCCCCCCC(C)CC. The van der Waals surface area contributed by atoms with Gasteiger partial charge in [-0.15, -0.1) is 0 Å². The Hall–Kier alpha value is -1.94. The summed E-state index contributed by atoms with van der Waals surface area (Å²) in [6.45, 7) is 11.8. The molecule has 0 spiro atoms. The number of aliphatic hydroxyl groups is 1. The Kier molecular flexibility index (Phi) is 61.5. The minimum absolute atomic E-state index is 0.104. The quantitative estimate of drug-likeness (QED) is 0.0222. The number of unbranched alkanes of at least 4 members (excludes halogenated alkanes) is 36. The van der Waals surface area contributed by atoms with E-state index in [0.29, 0.717) is 25.7 Å². The third kappa shape index (κ3) is 63.9. The van der Waals surface area contributed by atoms with E-state index in [1.807, 2.05) is 0 Å². The Morgan fingerprint density at radius 3 is 0.835 bits per heavy atom. The Morgan fingerprint density at radius 1 is 0.319 bits per heavy atom.